The summed E-state index contributed by atoms with van der Waals surface area (Å²) >= 11 is 6.33. The average molecular weight is 716 g/mol. The van der Waals surface area contributed by atoms with Crippen LogP contribution in [0.1, 0.15) is 49.7 Å². The molecule has 3 N–H and O–H groups in total. The van der Waals surface area contributed by atoms with Gasteiger partial charge in [0, 0.05) is 29.5 Å². The number of carbonyl (C=O) groups is 5. The number of benzene rings is 3. The van der Waals surface area contributed by atoms with Crippen molar-refractivity contribution >= 4 is 46.9 Å². The highest BCUT2D eigenvalue weighted by Crippen LogP contribution is 2.65. The van der Waals surface area contributed by atoms with Crippen molar-refractivity contribution in [1.82, 2.24) is 9.91 Å². The zero-order chi connectivity index (χ0) is 36.2. The summed E-state index contributed by atoms with van der Waals surface area (Å²) in [5.41, 5.74) is 2.89. The lowest BCUT2D eigenvalue weighted by molar-refractivity contribution is -0.142. The summed E-state index contributed by atoms with van der Waals surface area (Å²) in [5.74, 6) is -8.06. The number of carbonyl (C=O) groups excluding carboxylic acids is 4. The summed E-state index contributed by atoms with van der Waals surface area (Å²) in [7, 11) is 0. The number of imide groups is 2. The van der Waals surface area contributed by atoms with E-state index in [1.165, 1.54) is 24.3 Å². The second kappa shape index (κ2) is 13.1. The molecule has 2 saturated heterocycles. The van der Waals surface area contributed by atoms with Gasteiger partial charge in [0.2, 0.25) is 11.8 Å². The first-order chi connectivity index (χ1) is 24.5. The van der Waals surface area contributed by atoms with Crippen molar-refractivity contribution in [3.8, 4) is 11.5 Å². The van der Waals surface area contributed by atoms with E-state index in [2.05, 4.69) is 5.43 Å². The number of hydrogen-bond acceptors (Lipinski definition) is 8. The number of aliphatic carboxylic acids is 1. The third-order valence-corrected chi connectivity index (χ3v) is 11.0. The van der Waals surface area contributed by atoms with Crippen LogP contribution in [0.5, 0.6) is 11.5 Å². The number of phenolic OH excluding ortho intramolecular Hbond substituents is 1. The minimum atomic E-state index is -1.67. The van der Waals surface area contributed by atoms with Gasteiger partial charge in [-0.1, -0.05) is 47.5 Å². The van der Waals surface area contributed by atoms with Crippen molar-refractivity contribution in [3.63, 3.8) is 0 Å². The number of rotatable bonds is 10. The molecule has 0 radical (unpaired) electrons. The van der Waals surface area contributed by atoms with Gasteiger partial charge in [0.1, 0.15) is 5.82 Å². The highest BCUT2D eigenvalue weighted by molar-refractivity contribution is 6.30. The Labute approximate surface area is 297 Å². The van der Waals surface area contributed by atoms with Crippen LogP contribution in [-0.4, -0.2) is 62.9 Å². The van der Waals surface area contributed by atoms with Crippen molar-refractivity contribution in [2.24, 2.45) is 23.7 Å². The molecule has 11 nitrogen and oxygen atoms in total. The van der Waals surface area contributed by atoms with Crippen LogP contribution in [0, 0.1) is 29.5 Å². The van der Waals surface area contributed by atoms with Crippen molar-refractivity contribution in [1.29, 1.82) is 0 Å². The standard InChI is InChI=1S/C38H35ClFN3O8/c1-2-51-29-6-3-5-26(33(29)46)32-24-16-17-25-31(36(49)42(34(25)47)18-4-7-30(44)45)27(24)19-28-35(48)43(41-23-14-12-22(40)13-15-23)37(50)38(28,32)20-8-10-21(39)11-9-20/h3,5-6,8-16,25,27-28,31-32,41,46H,2,4,7,17-19H2,1H3,(H,44,45). The number of phenols is 1. The largest absolute Gasteiger partial charge is 0.504 e. The second-order valence-electron chi connectivity index (χ2n) is 13.3. The molecular formula is C38H35ClFN3O8. The van der Waals surface area contributed by atoms with Crippen LogP contribution in [0.15, 0.2) is 78.4 Å². The molecule has 2 aliphatic carbocycles. The van der Waals surface area contributed by atoms with Gasteiger partial charge in [-0.05, 0) is 80.1 Å². The SMILES string of the molecule is CCOc1cccc(C2C3=CCC4C(=O)N(CCCC(=O)O)C(=O)C4C3CC3C(=O)N(Nc4ccc(F)cc4)C(=O)C32c2ccc(Cl)cc2)c1O. The Hall–Kier alpha value is -5.23. The number of nitrogens with one attached hydrogen (secondary N) is 1. The number of nitrogens with zero attached hydrogens (tertiary/aromatic N) is 2. The zero-order valence-corrected chi connectivity index (χ0v) is 28.3. The molecule has 51 heavy (non-hydrogen) atoms. The molecule has 3 aromatic rings. The maximum atomic E-state index is 15.2. The van der Waals surface area contributed by atoms with Crippen molar-refractivity contribution in [2.75, 3.05) is 18.6 Å². The number of carboxylic acid groups (broad SMARTS) is 1. The molecule has 4 aliphatic rings. The summed E-state index contributed by atoms with van der Waals surface area (Å²) in [6, 6.07) is 16.7. The maximum absolute atomic E-state index is 15.2. The Morgan fingerprint density at radius 2 is 1.73 bits per heavy atom. The molecule has 0 spiro atoms. The van der Waals surface area contributed by atoms with Crippen molar-refractivity contribution in [2.45, 2.75) is 43.9 Å². The van der Waals surface area contributed by atoms with Gasteiger partial charge in [-0.3, -0.25) is 34.3 Å². The molecule has 2 heterocycles. The summed E-state index contributed by atoms with van der Waals surface area (Å²) in [5, 5.41) is 22.3. The molecular weight excluding hydrogens is 681 g/mol. The number of likely N-dealkylation sites (tertiary alicyclic amines) is 1. The molecule has 7 rings (SSSR count). The number of halogens is 2. The van der Waals surface area contributed by atoms with Crippen LogP contribution in [0.25, 0.3) is 0 Å². The van der Waals surface area contributed by atoms with Crippen LogP contribution in [-0.2, 0) is 29.4 Å². The number of hydrogen-bond donors (Lipinski definition) is 3. The van der Waals surface area contributed by atoms with Gasteiger partial charge < -0.3 is 14.9 Å². The Kier molecular flexibility index (Phi) is 8.82. The number of hydrazine groups is 1. The monoisotopic (exact) mass is 715 g/mol. The van der Waals surface area contributed by atoms with Crippen LogP contribution in [0.4, 0.5) is 10.1 Å². The Bertz CT molecular complexity index is 1970. The molecule has 1 saturated carbocycles. The van der Waals surface area contributed by atoms with Crippen LogP contribution < -0.4 is 10.2 Å². The number of carboxylic acids is 1. The molecule has 6 atom stereocenters. The van der Waals surface area contributed by atoms with Crippen LogP contribution in [0.3, 0.4) is 0 Å². The fourth-order valence-electron chi connectivity index (χ4n) is 8.72. The molecule has 264 valence electrons. The summed E-state index contributed by atoms with van der Waals surface area (Å²) in [6.07, 6.45) is 1.93. The Balaban J connectivity index is 1.42. The van der Waals surface area contributed by atoms with E-state index < -0.39 is 70.4 Å². The fraction of sp³-hybridized carbons (Fsp3) is 0.342. The predicted octanol–water partition coefficient (Wildman–Crippen LogP) is 5.43. The highest BCUT2D eigenvalue weighted by atomic mass is 35.5. The van der Waals surface area contributed by atoms with Gasteiger partial charge >= 0.3 is 5.97 Å². The maximum Gasteiger partial charge on any atom is 0.303 e. The summed E-state index contributed by atoms with van der Waals surface area (Å²) in [4.78, 5) is 70.0. The Morgan fingerprint density at radius 1 is 1.00 bits per heavy atom. The van der Waals surface area contributed by atoms with E-state index in [0.29, 0.717) is 21.7 Å². The molecule has 0 aromatic heterocycles. The number of para-hydroxylation sites is 1. The summed E-state index contributed by atoms with van der Waals surface area (Å²) in [6.45, 7) is 1.95. The van der Waals surface area contributed by atoms with Crippen LogP contribution >= 0.6 is 11.6 Å². The number of fused-ring (bicyclic) bond motifs is 4. The number of amides is 4. The van der Waals surface area contributed by atoms with Crippen molar-refractivity contribution < 1.29 is 43.3 Å². The number of ether oxygens (including phenoxy) is 1. The second-order valence-corrected chi connectivity index (χ2v) is 13.8. The Morgan fingerprint density at radius 3 is 2.41 bits per heavy atom. The summed E-state index contributed by atoms with van der Waals surface area (Å²) < 4.78 is 19.6. The van der Waals surface area contributed by atoms with E-state index in [4.69, 9.17) is 21.4 Å². The molecule has 2 aliphatic heterocycles. The molecule has 3 fully saturated rings. The molecule has 4 amide bonds. The van der Waals surface area contributed by atoms with E-state index >= 15 is 4.79 Å². The number of aromatic hydroxyl groups is 1. The lowest BCUT2D eigenvalue weighted by atomic mass is 9.49. The average Bonchev–Trinajstić information content (AvgIpc) is 3.47. The van der Waals surface area contributed by atoms with E-state index in [1.807, 2.05) is 6.08 Å². The molecule has 13 heteroatoms. The third kappa shape index (κ3) is 5.43. The predicted molar refractivity (Wildman–Crippen MR) is 182 cm³/mol. The van der Waals surface area contributed by atoms with E-state index in [-0.39, 0.29) is 56.0 Å². The molecule has 6 unspecified atom stereocenters. The lowest BCUT2D eigenvalue weighted by Gasteiger charge is -2.50. The fourth-order valence-corrected chi connectivity index (χ4v) is 8.84. The quantitative estimate of drug-likeness (QED) is 0.184. The van der Waals surface area contributed by atoms with Gasteiger partial charge in [-0.2, -0.15) is 5.01 Å². The first kappa shape index (κ1) is 34.2. The smallest absolute Gasteiger partial charge is 0.303 e. The van der Waals surface area contributed by atoms with E-state index in [0.717, 1.165) is 9.91 Å². The number of allylic oxidation sites excluding steroid dienone is 2. The minimum Gasteiger partial charge on any atom is -0.504 e. The van der Waals surface area contributed by atoms with Gasteiger partial charge in [-0.15, -0.1) is 0 Å². The van der Waals surface area contributed by atoms with Gasteiger partial charge in [0.15, 0.2) is 11.5 Å². The van der Waals surface area contributed by atoms with E-state index in [9.17, 15) is 28.7 Å². The minimum absolute atomic E-state index is 0.0200. The highest BCUT2D eigenvalue weighted by Gasteiger charge is 2.70. The third-order valence-electron chi connectivity index (χ3n) is 10.8. The lowest BCUT2D eigenvalue weighted by Crippen LogP contribution is -2.53. The normalized spacial score (nSPS) is 26.8. The van der Waals surface area contributed by atoms with Gasteiger partial charge in [0.05, 0.1) is 35.5 Å². The zero-order valence-electron chi connectivity index (χ0n) is 27.6. The molecule has 0 bridgehead atoms. The van der Waals surface area contributed by atoms with Crippen molar-refractivity contribution in [3.05, 3.63) is 100 Å². The van der Waals surface area contributed by atoms with Gasteiger partial charge in [-0.25, -0.2) is 4.39 Å². The topological polar surface area (TPSA) is 154 Å². The van der Waals surface area contributed by atoms with Crippen LogP contribution in [0.2, 0.25) is 5.02 Å². The van der Waals surface area contributed by atoms with Gasteiger partial charge in [0.25, 0.3) is 11.8 Å². The first-order valence-electron chi connectivity index (χ1n) is 16.9. The molecule has 3 aromatic carbocycles. The number of anilines is 1. The van der Waals surface area contributed by atoms with E-state index in [1.54, 1.807) is 49.4 Å². The first-order valence-corrected chi connectivity index (χ1v) is 17.2.